The SMILES string of the molecule is Cc1ccc(B(O)O)c(O)c1.Cc1ccc(B(O)O)c(O)c1. The average molecular weight is 304 g/mol. The normalized spacial score (nSPS) is 9.73. The summed E-state index contributed by atoms with van der Waals surface area (Å²) in [7, 11) is -3.20. The number of hydrogen-bond donors (Lipinski definition) is 6. The molecule has 0 heterocycles. The Labute approximate surface area is 129 Å². The van der Waals surface area contributed by atoms with Crippen LogP contribution in [0.1, 0.15) is 11.1 Å². The fourth-order valence-corrected chi connectivity index (χ4v) is 1.74. The van der Waals surface area contributed by atoms with E-state index in [0.717, 1.165) is 11.1 Å². The predicted octanol–water partition coefficient (Wildman–Crippen LogP) is -1.24. The largest absolute Gasteiger partial charge is 0.508 e. The van der Waals surface area contributed by atoms with Gasteiger partial charge in [-0.15, -0.1) is 0 Å². The molecule has 0 saturated heterocycles. The van der Waals surface area contributed by atoms with Crippen molar-refractivity contribution in [3.63, 3.8) is 0 Å². The number of benzene rings is 2. The first-order valence-corrected chi connectivity index (χ1v) is 6.53. The smallest absolute Gasteiger partial charge is 0.492 e. The third-order valence-electron chi connectivity index (χ3n) is 2.93. The molecule has 0 spiro atoms. The van der Waals surface area contributed by atoms with Crippen molar-refractivity contribution in [2.24, 2.45) is 0 Å². The quantitative estimate of drug-likeness (QED) is 0.386. The molecule has 0 atom stereocenters. The second-order valence-electron chi connectivity index (χ2n) is 4.87. The molecule has 0 saturated carbocycles. The highest BCUT2D eigenvalue weighted by Gasteiger charge is 2.15. The van der Waals surface area contributed by atoms with Crippen LogP contribution in [-0.4, -0.2) is 44.5 Å². The molecule has 0 bridgehead atoms. The molecular formula is C14H18B2O6. The van der Waals surface area contributed by atoms with Crippen molar-refractivity contribution in [3.05, 3.63) is 47.5 Å². The molecule has 0 amide bonds. The van der Waals surface area contributed by atoms with Gasteiger partial charge in [0.2, 0.25) is 0 Å². The topological polar surface area (TPSA) is 121 Å². The van der Waals surface area contributed by atoms with Crippen molar-refractivity contribution in [2.45, 2.75) is 13.8 Å². The highest BCUT2D eigenvalue weighted by molar-refractivity contribution is 6.60. The summed E-state index contributed by atoms with van der Waals surface area (Å²) in [6.07, 6.45) is 0. The van der Waals surface area contributed by atoms with E-state index in [1.807, 2.05) is 13.8 Å². The van der Waals surface area contributed by atoms with E-state index in [1.54, 1.807) is 12.1 Å². The van der Waals surface area contributed by atoms with Gasteiger partial charge in [0.25, 0.3) is 0 Å². The lowest BCUT2D eigenvalue weighted by atomic mass is 9.79. The van der Waals surface area contributed by atoms with E-state index in [0.29, 0.717) is 0 Å². The Morgan fingerprint density at radius 3 is 1.18 bits per heavy atom. The fourth-order valence-electron chi connectivity index (χ4n) is 1.74. The molecule has 0 aliphatic heterocycles. The number of aromatic hydroxyl groups is 2. The van der Waals surface area contributed by atoms with E-state index in [4.69, 9.17) is 30.3 Å². The average Bonchev–Trinajstić information content (AvgIpc) is 2.38. The maximum Gasteiger partial charge on any atom is 0.492 e. The molecule has 6 nitrogen and oxygen atoms in total. The minimum atomic E-state index is -1.60. The maximum absolute atomic E-state index is 9.14. The number of phenolic OH excluding ortho intramolecular Hbond substituents is 2. The van der Waals surface area contributed by atoms with E-state index in [9.17, 15) is 0 Å². The third kappa shape index (κ3) is 5.09. The van der Waals surface area contributed by atoms with E-state index < -0.39 is 14.2 Å². The van der Waals surface area contributed by atoms with E-state index in [-0.39, 0.29) is 22.4 Å². The van der Waals surface area contributed by atoms with Crippen molar-refractivity contribution in [1.82, 2.24) is 0 Å². The van der Waals surface area contributed by atoms with Crippen LogP contribution in [0.15, 0.2) is 36.4 Å². The molecule has 22 heavy (non-hydrogen) atoms. The molecule has 0 aromatic heterocycles. The highest BCUT2D eigenvalue weighted by atomic mass is 16.4. The molecular weight excluding hydrogens is 286 g/mol. The Kier molecular flexibility index (Phi) is 6.45. The number of hydrogen-bond acceptors (Lipinski definition) is 6. The summed E-state index contributed by atoms with van der Waals surface area (Å²) in [5.41, 5.74) is 2.03. The van der Waals surface area contributed by atoms with Crippen LogP contribution >= 0.6 is 0 Å². The van der Waals surface area contributed by atoms with Gasteiger partial charge in [-0.3, -0.25) is 0 Å². The standard InChI is InChI=1S/2C7H9BO3/c2*1-5-2-3-6(8(10)11)7(9)4-5/h2*2-4,9-11H,1H3. The summed E-state index contributed by atoms with van der Waals surface area (Å²) >= 11 is 0. The monoisotopic (exact) mass is 304 g/mol. The van der Waals surface area contributed by atoms with Crippen LogP contribution in [0.2, 0.25) is 0 Å². The van der Waals surface area contributed by atoms with Gasteiger partial charge in [-0.25, -0.2) is 0 Å². The van der Waals surface area contributed by atoms with E-state index in [1.165, 1.54) is 24.3 Å². The summed E-state index contributed by atoms with van der Waals surface area (Å²) in [5, 5.41) is 53.0. The Morgan fingerprint density at radius 2 is 0.955 bits per heavy atom. The Balaban J connectivity index is 0.000000220. The molecule has 6 N–H and O–H groups in total. The Bertz CT molecular complexity index is 575. The molecule has 0 radical (unpaired) electrons. The number of rotatable bonds is 2. The van der Waals surface area contributed by atoms with Gasteiger partial charge in [0.05, 0.1) is 0 Å². The second-order valence-corrected chi connectivity index (χ2v) is 4.87. The summed E-state index contributed by atoms with van der Waals surface area (Å²) < 4.78 is 0. The van der Waals surface area contributed by atoms with Crippen molar-refractivity contribution >= 4 is 25.2 Å². The zero-order valence-electron chi connectivity index (χ0n) is 12.3. The lowest BCUT2D eigenvalue weighted by Crippen LogP contribution is -2.29. The lowest BCUT2D eigenvalue weighted by Gasteiger charge is -2.02. The molecule has 2 aromatic carbocycles. The third-order valence-corrected chi connectivity index (χ3v) is 2.93. The summed E-state index contributed by atoms with van der Waals surface area (Å²) in [4.78, 5) is 0. The first-order valence-electron chi connectivity index (χ1n) is 6.53. The lowest BCUT2D eigenvalue weighted by molar-refractivity contribution is 0.418. The minimum absolute atomic E-state index is 0.0833. The van der Waals surface area contributed by atoms with Crippen LogP contribution in [0.4, 0.5) is 0 Å². The van der Waals surface area contributed by atoms with Gasteiger partial charge in [-0.05, 0) is 37.1 Å². The van der Waals surface area contributed by atoms with Crippen LogP contribution in [0.5, 0.6) is 11.5 Å². The van der Waals surface area contributed by atoms with Gasteiger partial charge >= 0.3 is 14.2 Å². The van der Waals surface area contributed by atoms with Crippen molar-refractivity contribution < 1.29 is 30.3 Å². The highest BCUT2D eigenvalue weighted by Crippen LogP contribution is 2.08. The maximum atomic E-state index is 9.14. The second kappa shape index (κ2) is 7.86. The molecule has 0 unspecified atom stereocenters. The molecule has 0 aliphatic carbocycles. The van der Waals surface area contributed by atoms with Crippen LogP contribution in [-0.2, 0) is 0 Å². The van der Waals surface area contributed by atoms with Gasteiger partial charge in [0.15, 0.2) is 0 Å². The first kappa shape index (κ1) is 18.1. The van der Waals surface area contributed by atoms with Gasteiger partial charge in [0, 0.05) is 10.9 Å². The van der Waals surface area contributed by atoms with Gasteiger partial charge < -0.3 is 30.3 Å². The summed E-state index contributed by atoms with van der Waals surface area (Å²) in [6.45, 7) is 3.63. The van der Waals surface area contributed by atoms with Gasteiger partial charge in [-0.1, -0.05) is 24.3 Å². The fraction of sp³-hybridized carbons (Fsp3) is 0.143. The molecule has 2 aromatic rings. The zero-order valence-corrected chi connectivity index (χ0v) is 12.3. The molecule has 116 valence electrons. The number of aryl methyl sites for hydroxylation is 2. The van der Waals surface area contributed by atoms with Crippen molar-refractivity contribution in [1.29, 1.82) is 0 Å². The van der Waals surface area contributed by atoms with Crippen LogP contribution in [0, 0.1) is 13.8 Å². The molecule has 0 fully saturated rings. The summed E-state index contributed by atoms with van der Waals surface area (Å²) in [5.74, 6) is -0.167. The Hall–Kier alpha value is -1.99. The van der Waals surface area contributed by atoms with Crippen LogP contribution in [0.3, 0.4) is 0 Å². The van der Waals surface area contributed by atoms with Gasteiger partial charge in [-0.2, -0.15) is 0 Å². The van der Waals surface area contributed by atoms with E-state index >= 15 is 0 Å². The zero-order chi connectivity index (χ0) is 16.9. The van der Waals surface area contributed by atoms with Crippen molar-refractivity contribution in [2.75, 3.05) is 0 Å². The predicted molar refractivity (Wildman–Crippen MR) is 85.3 cm³/mol. The van der Waals surface area contributed by atoms with Crippen LogP contribution < -0.4 is 10.9 Å². The van der Waals surface area contributed by atoms with E-state index in [2.05, 4.69) is 0 Å². The molecule has 0 aliphatic rings. The first-order chi connectivity index (χ1) is 10.2. The van der Waals surface area contributed by atoms with Crippen LogP contribution in [0.25, 0.3) is 0 Å². The van der Waals surface area contributed by atoms with Gasteiger partial charge in [0.1, 0.15) is 11.5 Å². The summed E-state index contributed by atoms with van der Waals surface area (Å²) in [6, 6.07) is 9.33. The molecule has 8 heteroatoms. The van der Waals surface area contributed by atoms with Crippen molar-refractivity contribution in [3.8, 4) is 11.5 Å². The Morgan fingerprint density at radius 1 is 0.636 bits per heavy atom. The molecule has 2 rings (SSSR count). The minimum Gasteiger partial charge on any atom is -0.508 e. The number of phenols is 2.